The number of rotatable bonds is 3. The van der Waals surface area contributed by atoms with Crippen molar-refractivity contribution >= 4 is 28.8 Å². The van der Waals surface area contributed by atoms with Gasteiger partial charge < -0.3 is 4.74 Å². The summed E-state index contributed by atoms with van der Waals surface area (Å²) in [7, 11) is 1.33. The Hall–Kier alpha value is -1.30. The third-order valence-electron chi connectivity index (χ3n) is 5.09. The van der Waals surface area contributed by atoms with Gasteiger partial charge in [-0.2, -0.15) is 0 Å². The van der Waals surface area contributed by atoms with E-state index >= 15 is 0 Å². The van der Waals surface area contributed by atoms with E-state index in [2.05, 4.69) is 4.74 Å². The van der Waals surface area contributed by atoms with E-state index in [1.807, 2.05) is 4.90 Å². The fraction of sp³-hybridized carbons (Fsp3) is 0.722. The molecule has 0 unspecified atom stereocenters. The van der Waals surface area contributed by atoms with Gasteiger partial charge >= 0.3 is 5.97 Å². The highest BCUT2D eigenvalue weighted by Crippen LogP contribution is 2.37. The fourth-order valence-corrected chi connectivity index (χ4v) is 4.84. The van der Waals surface area contributed by atoms with Crippen molar-refractivity contribution in [2.75, 3.05) is 7.11 Å². The maximum Gasteiger partial charge on any atom is 0.331 e. The molecule has 24 heavy (non-hydrogen) atoms. The number of hydrogen-bond donors (Lipinski definition) is 0. The van der Waals surface area contributed by atoms with Crippen LogP contribution in [0.2, 0.25) is 0 Å². The molecule has 3 aliphatic rings. The van der Waals surface area contributed by atoms with Crippen molar-refractivity contribution in [3.05, 3.63) is 11.0 Å². The fourth-order valence-electron chi connectivity index (χ4n) is 3.77. The number of carbonyl (C=O) groups excluding carboxylic acids is 2. The van der Waals surface area contributed by atoms with Gasteiger partial charge in [0.2, 0.25) is 0 Å². The number of esters is 1. The Balaban J connectivity index is 1.84. The third kappa shape index (κ3) is 4.02. The molecule has 132 valence electrons. The summed E-state index contributed by atoms with van der Waals surface area (Å²) in [5.74, 6) is -0.555. The molecule has 0 radical (unpaired) electrons. The predicted molar refractivity (Wildman–Crippen MR) is 95.7 cm³/mol. The molecule has 0 aromatic carbocycles. The average molecular weight is 350 g/mol. The number of amides is 1. The van der Waals surface area contributed by atoms with E-state index in [9.17, 15) is 9.59 Å². The van der Waals surface area contributed by atoms with E-state index in [-0.39, 0.29) is 11.9 Å². The molecule has 1 heterocycles. The number of carbonyl (C=O) groups is 2. The Morgan fingerprint density at radius 3 is 2.38 bits per heavy atom. The Labute approximate surface area is 147 Å². The van der Waals surface area contributed by atoms with Crippen LogP contribution in [-0.2, 0) is 14.3 Å². The summed E-state index contributed by atoms with van der Waals surface area (Å²) in [5, 5.41) is 0.800. The number of methoxy groups -OCH3 is 1. The normalized spacial score (nSPS) is 27.2. The van der Waals surface area contributed by atoms with Gasteiger partial charge in [-0.15, -0.1) is 0 Å². The van der Waals surface area contributed by atoms with Crippen molar-refractivity contribution in [3.63, 3.8) is 0 Å². The standard InChI is InChI=1S/C18H26N2O3S/c1-23-16(21)12-15-17(22)20(14-10-6-3-7-11-14)18(24-15)19-13-8-4-2-5-9-13/h12-14H,2-11H2,1H3/b15-12-,19-18?. The van der Waals surface area contributed by atoms with Gasteiger partial charge in [0, 0.05) is 12.1 Å². The lowest BCUT2D eigenvalue weighted by Crippen LogP contribution is -2.41. The van der Waals surface area contributed by atoms with Crippen LogP contribution in [0.5, 0.6) is 0 Å². The minimum atomic E-state index is -0.478. The second kappa shape index (κ2) is 8.19. The summed E-state index contributed by atoms with van der Waals surface area (Å²) >= 11 is 1.34. The molecule has 6 heteroatoms. The molecule has 1 aliphatic heterocycles. The second-order valence-corrected chi connectivity index (χ2v) is 7.81. The lowest BCUT2D eigenvalue weighted by atomic mass is 9.94. The Kier molecular flexibility index (Phi) is 5.98. The van der Waals surface area contributed by atoms with Crippen molar-refractivity contribution in [1.29, 1.82) is 0 Å². The second-order valence-electron chi connectivity index (χ2n) is 6.80. The molecule has 3 rings (SSSR count). The summed E-state index contributed by atoms with van der Waals surface area (Å²) < 4.78 is 4.69. The predicted octanol–water partition coefficient (Wildman–Crippen LogP) is 3.64. The zero-order chi connectivity index (χ0) is 16.9. The average Bonchev–Trinajstić information content (AvgIpc) is 2.91. The SMILES string of the molecule is COC(=O)/C=C1\SC(=NC2CCCCC2)N(C2CCCCC2)C1=O. The van der Waals surface area contributed by atoms with Crippen molar-refractivity contribution in [3.8, 4) is 0 Å². The van der Waals surface area contributed by atoms with Gasteiger partial charge in [0.25, 0.3) is 5.91 Å². The van der Waals surface area contributed by atoms with Crippen LogP contribution in [0.15, 0.2) is 16.0 Å². The van der Waals surface area contributed by atoms with E-state index in [0.29, 0.717) is 10.9 Å². The highest BCUT2D eigenvalue weighted by molar-refractivity contribution is 8.18. The first kappa shape index (κ1) is 17.5. The van der Waals surface area contributed by atoms with E-state index < -0.39 is 5.97 Å². The molecule has 3 fully saturated rings. The summed E-state index contributed by atoms with van der Waals surface area (Å²) in [4.78, 5) is 31.7. The van der Waals surface area contributed by atoms with Crippen molar-refractivity contribution in [2.45, 2.75) is 76.3 Å². The number of aliphatic imine (C=N–C) groups is 1. The molecule has 5 nitrogen and oxygen atoms in total. The van der Waals surface area contributed by atoms with Gasteiger partial charge in [-0.1, -0.05) is 38.5 Å². The maximum atomic E-state index is 12.9. The Bertz CT molecular complexity index is 546. The first-order valence-corrected chi connectivity index (χ1v) is 9.89. The monoisotopic (exact) mass is 350 g/mol. The molecule has 0 N–H and O–H groups in total. The van der Waals surface area contributed by atoms with Gasteiger partial charge in [-0.3, -0.25) is 14.7 Å². The zero-order valence-electron chi connectivity index (χ0n) is 14.3. The van der Waals surface area contributed by atoms with Crippen molar-refractivity contribution in [1.82, 2.24) is 4.90 Å². The minimum absolute atomic E-state index is 0.0770. The van der Waals surface area contributed by atoms with Crippen LogP contribution >= 0.6 is 11.8 Å². The highest BCUT2D eigenvalue weighted by atomic mass is 32.2. The van der Waals surface area contributed by atoms with E-state index in [0.717, 1.165) is 43.7 Å². The molecule has 2 saturated carbocycles. The summed E-state index contributed by atoms with van der Waals surface area (Å²) in [5.41, 5.74) is 0. The summed E-state index contributed by atoms with van der Waals surface area (Å²) in [6.07, 6.45) is 12.9. The highest BCUT2D eigenvalue weighted by Gasteiger charge is 2.39. The molecule has 0 aromatic heterocycles. The van der Waals surface area contributed by atoms with Gasteiger partial charge in [0.1, 0.15) is 0 Å². The van der Waals surface area contributed by atoms with Crippen LogP contribution in [0, 0.1) is 0 Å². The smallest absolute Gasteiger partial charge is 0.331 e. The topological polar surface area (TPSA) is 59.0 Å². The van der Waals surface area contributed by atoms with E-state index in [1.165, 1.54) is 50.6 Å². The number of thioether (sulfide) groups is 1. The van der Waals surface area contributed by atoms with E-state index in [1.54, 1.807) is 0 Å². The number of hydrogen-bond acceptors (Lipinski definition) is 5. The Morgan fingerprint density at radius 1 is 1.12 bits per heavy atom. The van der Waals surface area contributed by atoms with Crippen molar-refractivity contribution in [2.24, 2.45) is 4.99 Å². The number of nitrogens with zero attached hydrogens (tertiary/aromatic N) is 2. The van der Waals surface area contributed by atoms with Gasteiger partial charge in [0.05, 0.1) is 18.1 Å². The number of ether oxygens (including phenoxy) is 1. The van der Waals surface area contributed by atoms with Crippen LogP contribution in [0.1, 0.15) is 64.2 Å². The van der Waals surface area contributed by atoms with Gasteiger partial charge in [0.15, 0.2) is 5.17 Å². The molecule has 1 saturated heterocycles. The molecular formula is C18H26N2O3S. The van der Waals surface area contributed by atoms with Crippen LogP contribution in [0.4, 0.5) is 0 Å². The van der Waals surface area contributed by atoms with Crippen LogP contribution in [-0.4, -0.2) is 41.1 Å². The van der Waals surface area contributed by atoms with Crippen LogP contribution < -0.4 is 0 Å². The van der Waals surface area contributed by atoms with Crippen LogP contribution in [0.3, 0.4) is 0 Å². The summed E-state index contributed by atoms with van der Waals surface area (Å²) in [6.45, 7) is 0. The molecule has 0 spiro atoms. The molecule has 0 aromatic rings. The van der Waals surface area contributed by atoms with Gasteiger partial charge in [-0.05, 0) is 37.4 Å². The lowest BCUT2D eigenvalue weighted by molar-refractivity contribution is -0.135. The number of amidine groups is 1. The first-order chi connectivity index (χ1) is 11.7. The summed E-state index contributed by atoms with van der Waals surface area (Å²) in [6, 6.07) is 0.544. The minimum Gasteiger partial charge on any atom is -0.466 e. The lowest BCUT2D eigenvalue weighted by Gasteiger charge is -2.31. The third-order valence-corrected chi connectivity index (χ3v) is 6.09. The molecule has 1 amide bonds. The zero-order valence-corrected chi connectivity index (χ0v) is 15.1. The molecule has 2 aliphatic carbocycles. The molecule has 0 atom stereocenters. The molecular weight excluding hydrogens is 324 g/mol. The van der Waals surface area contributed by atoms with Gasteiger partial charge in [-0.25, -0.2) is 4.79 Å². The van der Waals surface area contributed by atoms with Crippen molar-refractivity contribution < 1.29 is 14.3 Å². The molecule has 0 bridgehead atoms. The van der Waals surface area contributed by atoms with E-state index in [4.69, 9.17) is 4.99 Å². The van der Waals surface area contributed by atoms with Crippen LogP contribution in [0.25, 0.3) is 0 Å². The Morgan fingerprint density at radius 2 is 1.75 bits per heavy atom. The first-order valence-electron chi connectivity index (χ1n) is 9.08. The maximum absolute atomic E-state index is 12.9. The largest absolute Gasteiger partial charge is 0.466 e. The quantitative estimate of drug-likeness (QED) is 0.576.